The second-order valence-electron chi connectivity index (χ2n) is 8.13. The monoisotopic (exact) mass is 341 g/mol. The van der Waals surface area contributed by atoms with Crippen LogP contribution in [0.4, 0.5) is 0 Å². The van der Waals surface area contributed by atoms with Crippen LogP contribution in [0.2, 0.25) is 0 Å². The Balaban J connectivity index is 1.30. The molecule has 2 aliphatic heterocycles. The molecule has 1 aliphatic carbocycles. The standard InChI is InChI=1S/C21H31N3O/c25-21(20-18-9-5-2-6-10-19(18)22-23-20)24-13-11-17(12-14-24)15-16-7-3-1-4-8-16/h1,3-4,7-8,17-20,22-23H,2,5-6,9-15H2. The second-order valence-corrected chi connectivity index (χ2v) is 8.13. The summed E-state index contributed by atoms with van der Waals surface area (Å²) in [6, 6.07) is 11.2. The molecule has 1 amide bonds. The third kappa shape index (κ3) is 3.90. The summed E-state index contributed by atoms with van der Waals surface area (Å²) in [6.07, 6.45) is 9.70. The van der Waals surface area contributed by atoms with E-state index < -0.39 is 0 Å². The highest BCUT2D eigenvalue weighted by molar-refractivity contribution is 5.82. The number of piperidine rings is 1. The summed E-state index contributed by atoms with van der Waals surface area (Å²) in [5.41, 5.74) is 8.17. The van der Waals surface area contributed by atoms with Crippen LogP contribution in [0.15, 0.2) is 30.3 Å². The van der Waals surface area contributed by atoms with Gasteiger partial charge in [-0.1, -0.05) is 49.6 Å². The largest absolute Gasteiger partial charge is 0.341 e. The lowest BCUT2D eigenvalue weighted by atomic mass is 9.87. The molecule has 0 aromatic heterocycles. The normalized spacial score (nSPS) is 30.7. The molecule has 4 rings (SSSR count). The predicted molar refractivity (Wildman–Crippen MR) is 99.9 cm³/mol. The van der Waals surface area contributed by atoms with Gasteiger partial charge >= 0.3 is 0 Å². The first-order chi connectivity index (χ1) is 12.3. The number of amides is 1. The summed E-state index contributed by atoms with van der Waals surface area (Å²) in [6.45, 7) is 1.85. The summed E-state index contributed by atoms with van der Waals surface area (Å²) >= 11 is 0. The van der Waals surface area contributed by atoms with Crippen LogP contribution in [0.25, 0.3) is 0 Å². The Bertz CT molecular complexity index is 568. The maximum absolute atomic E-state index is 13.1. The summed E-state index contributed by atoms with van der Waals surface area (Å²) in [7, 11) is 0. The van der Waals surface area contributed by atoms with E-state index in [2.05, 4.69) is 46.1 Å². The molecular weight excluding hydrogens is 310 g/mol. The molecule has 0 spiro atoms. The van der Waals surface area contributed by atoms with Gasteiger partial charge in [-0.15, -0.1) is 0 Å². The first-order valence-corrected chi connectivity index (χ1v) is 10.1. The minimum atomic E-state index is -0.00577. The van der Waals surface area contributed by atoms with Gasteiger partial charge in [-0.2, -0.15) is 0 Å². The number of likely N-dealkylation sites (tertiary alicyclic amines) is 1. The molecular formula is C21H31N3O. The first-order valence-electron chi connectivity index (χ1n) is 10.1. The van der Waals surface area contributed by atoms with Gasteiger partial charge in [-0.25, -0.2) is 5.43 Å². The fraction of sp³-hybridized carbons (Fsp3) is 0.667. The van der Waals surface area contributed by atoms with E-state index in [4.69, 9.17) is 0 Å². The molecule has 3 unspecified atom stereocenters. The average Bonchev–Trinajstić information content (AvgIpc) is 2.91. The van der Waals surface area contributed by atoms with Crippen LogP contribution in [0.5, 0.6) is 0 Å². The zero-order valence-electron chi connectivity index (χ0n) is 15.1. The van der Waals surface area contributed by atoms with Gasteiger partial charge < -0.3 is 4.90 Å². The van der Waals surface area contributed by atoms with Crippen LogP contribution in [0, 0.1) is 11.8 Å². The zero-order chi connectivity index (χ0) is 17.1. The quantitative estimate of drug-likeness (QED) is 0.888. The molecule has 1 aromatic rings. The Kier molecular flexibility index (Phi) is 5.37. The highest BCUT2D eigenvalue weighted by Crippen LogP contribution is 2.31. The van der Waals surface area contributed by atoms with Gasteiger partial charge in [0.1, 0.15) is 6.04 Å². The fourth-order valence-electron chi connectivity index (χ4n) is 4.96. The van der Waals surface area contributed by atoms with Crippen molar-refractivity contribution >= 4 is 5.91 Å². The third-order valence-corrected chi connectivity index (χ3v) is 6.48. The van der Waals surface area contributed by atoms with Gasteiger partial charge in [0.2, 0.25) is 5.91 Å². The number of hydrogen-bond donors (Lipinski definition) is 2. The number of rotatable bonds is 3. The molecule has 2 N–H and O–H groups in total. The summed E-state index contributed by atoms with van der Waals surface area (Å²) in [5, 5.41) is 0. The van der Waals surface area contributed by atoms with Crippen LogP contribution in [0.1, 0.15) is 50.5 Å². The highest BCUT2D eigenvalue weighted by atomic mass is 16.2. The third-order valence-electron chi connectivity index (χ3n) is 6.48. The molecule has 1 aromatic carbocycles. The van der Waals surface area contributed by atoms with Crippen LogP contribution in [-0.4, -0.2) is 36.0 Å². The van der Waals surface area contributed by atoms with Crippen LogP contribution < -0.4 is 10.9 Å². The van der Waals surface area contributed by atoms with Crippen molar-refractivity contribution in [3.05, 3.63) is 35.9 Å². The predicted octanol–water partition coefficient (Wildman–Crippen LogP) is 2.89. The molecule has 4 nitrogen and oxygen atoms in total. The van der Waals surface area contributed by atoms with Gasteiger partial charge in [0.15, 0.2) is 0 Å². The minimum Gasteiger partial charge on any atom is -0.341 e. The number of fused-ring (bicyclic) bond motifs is 1. The summed E-state index contributed by atoms with van der Waals surface area (Å²) in [4.78, 5) is 15.2. The van der Waals surface area contributed by atoms with Crippen molar-refractivity contribution in [2.75, 3.05) is 13.1 Å². The van der Waals surface area contributed by atoms with Gasteiger partial charge in [-0.05, 0) is 43.6 Å². The van der Waals surface area contributed by atoms with E-state index in [0.717, 1.165) is 32.4 Å². The number of carbonyl (C=O) groups excluding carboxylic acids is 1. The SMILES string of the molecule is O=C(C1NNC2CCCCCC21)N1CCC(Cc2ccccc2)CC1. The van der Waals surface area contributed by atoms with E-state index in [-0.39, 0.29) is 6.04 Å². The molecule has 1 saturated carbocycles. The number of hydrogen-bond acceptors (Lipinski definition) is 3. The van der Waals surface area contributed by atoms with Crippen molar-refractivity contribution in [1.82, 2.24) is 15.8 Å². The Hall–Kier alpha value is -1.39. The molecule has 2 saturated heterocycles. The van der Waals surface area contributed by atoms with Crippen molar-refractivity contribution in [2.45, 2.75) is 63.5 Å². The van der Waals surface area contributed by atoms with Gasteiger partial charge in [0.25, 0.3) is 0 Å². The zero-order valence-corrected chi connectivity index (χ0v) is 15.1. The van der Waals surface area contributed by atoms with Crippen molar-refractivity contribution in [3.63, 3.8) is 0 Å². The van der Waals surface area contributed by atoms with Crippen LogP contribution in [0.3, 0.4) is 0 Å². The maximum atomic E-state index is 13.1. The molecule has 3 aliphatic rings. The Morgan fingerprint density at radius 2 is 1.72 bits per heavy atom. The molecule has 0 radical (unpaired) electrons. The molecule has 4 heteroatoms. The number of nitrogens with zero attached hydrogens (tertiary/aromatic N) is 1. The molecule has 0 bridgehead atoms. The smallest absolute Gasteiger partial charge is 0.241 e. The summed E-state index contributed by atoms with van der Waals surface area (Å²) in [5.74, 6) is 1.53. The van der Waals surface area contributed by atoms with Gasteiger partial charge in [-0.3, -0.25) is 10.2 Å². The Morgan fingerprint density at radius 3 is 2.52 bits per heavy atom. The number of hydrazine groups is 1. The van der Waals surface area contributed by atoms with E-state index in [9.17, 15) is 4.79 Å². The van der Waals surface area contributed by atoms with E-state index in [1.807, 2.05) is 0 Å². The number of carbonyl (C=O) groups is 1. The van der Waals surface area contributed by atoms with E-state index in [1.165, 1.54) is 37.7 Å². The lowest BCUT2D eigenvalue weighted by Gasteiger charge is -2.34. The maximum Gasteiger partial charge on any atom is 0.241 e. The molecule has 2 heterocycles. The van der Waals surface area contributed by atoms with E-state index in [0.29, 0.717) is 23.8 Å². The van der Waals surface area contributed by atoms with E-state index in [1.54, 1.807) is 0 Å². The lowest BCUT2D eigenvalue weighted by Crippen LogP contribution is -2.50. The molecule has 25 heavy (non-hydrogen) atoms. The fourth-order valence-corrected chi connectivity index (χ4v) is 4.96. The highest BCUT2D eigenvalue weighted by Gasteiger charge is 2.42. The average molecular weight is 341 g/mol. The summed E-state index contributed by atoms with van der Waals surface area (Å²) < 4.78 is 0. The van der Waals surface area contributed by atoms with Crippen molar-refractivity contribution < 1.29 is 4.79 Å². The first kappa shape index (κ1) is 17.0. The van der Waals surface area contributed by atoms with Crippen LogP contribution >= 0.6 is 0 Å². The second kappa shape index (κ2) is 7.88. The molecule has 3 atom stereocenters. The Morgan fingerprint density at radius 1 is 0.960 bits per heavy atom. The van der Waals surface area contributed by atoms with Gasteiger partial charge in [0, 0.05) is 25.0 Å². The number of nitrogens with one attached hydrogen (secondary N) is 2. The molecule has 3 fully saturated rings. The van der Waals surface area contributed by atoms with Crippen molar-refractivity contribution in [2.24, 2.45) is 11.8 Å². The van der Waals surface area contributed by atoms with E-state index >= 15 is 0 Å². The Labute approximate surface area is 151 Å². The van der Waals surface area contributed by atoms with Crippen molar-refractivity contribution in [1.29, 1.82) is 0 Å². The van der Waals surface area contributed by atoms with Crippen LogP contribution in [-0.2, 0) is 11.2 Å². The topological polar surface area (TPSA) is 44.4 Å². The number of benzene rings is 1. The lowest BCUT2D eigenvalue weighted by molar-refractivity contribution is -0.135. The van der Waals surface area contributed by atoms with Crippen molar-refractivity contribution in [3.8, 4) is 0 Å². The van der Waals surface area contributed by atoms with Gasteiger partial charge in [0.05, 0.1) is 0 Å². The molecule has 136 valence electrons. The minimum absolute atomic E-state index is 0.00577.